The van der Waals surface area contributed by atoms with Gasteiger partial charge < -0.3 is 5.73 Å². The van der Waals surface area contributed by atoms with Crippen LogP contribution in [0, 0.1) is 0 Å². The molecule has 0 aromatic heterocycles. The Hall–Kier alpha value is -0.270. The van der Waals surface area contributed by atoms with E-state index in [0.717, 1.165) is 30.8 Å². The summed E-state index contributed by atoms with van der Waals surface area (Å²) in [4.78, 5) is 0. The van der Waals surface area contributed by atoms with E-state index >= 15 is 0 Å². The molecule has 0 saturated carbocycles. The molecule has 0 radical (unpaired) electrons. The Balaban J connectivity index is 2.64. The minimum absolute atomic E-state index is 0.731. The summed E-state index contributed by atoms with van der Waals surface area (Å²) in [6.07, 6.45) is 5.29. The molecular weight excluding hydrogens is 158 g/mol. The molecule has 1 rings (SSSR count). The van der Waals surface area contributed by atoms with E-state index in [0.29, 0.717) is 0 Å². The minimum atomic E-state index is 0.731. The second-order valence-corrected chi connectivity index (χ2v) is 3.38. The van der Waals surface area contributed by atoms with Gasteiger partial charge in [0.25, 0.3) is 0 Å². The fraction of sp³-hybridized carbons (Fsp3) is 0.556. The van der Waals surface area contributed by atoms with Crippen molar-refractivity contribution >= 4 is 11.6 Å². The third-order valence-electron chi connectivity index (χ3n) is 2.03. The van der Waals surface area contributed by atoms with Crippen molar-refractivity contribution in [1.29, 1.82) is 0 Å². The average Bonchev–Trinajstić information content (AvgIpc) is 1.98. The quantitative estimate of drug-likeness (QED) is 0.679. The van der Waals surface area contributed by atoms with Gasteiger partial charge in [-0.15, -0.1) is 0 Å². The number of rotatable bonds is 2. The van der Waals surface area contributed by atoms with Gasteiger partial charge in [0, 0.05) is 5.03 Å². The maximum Gasteiger partial charge on any atom is 0.0394 e. The first-order chi connectivity index (χ1) is 5.24. The second kappa shape index (κ2) is 3.93. The zero-order valence-corrected chi connectivity index (χ0v) is 7.62. The Bertz CT molecular complexity index is 200. The van der Waals surface area contributed by atoms with Crippen molar-refractivity contribution < 1.29 is 0 Å². The van der Waals surface area contributed by atoms with Gasteiger partial charge in [-0.2, -0.15) is 0 Å². The van der Waals surface area contributed by atoms with Crippen LogP contribution in [0.3, 0.4) is 0 Å². The predicted octanol–water partition coefficient (Wildman–Crippen LogP) is 2.57. The van der Waals surface area contributed by atoms with Crippen molar-refractivity contribution in [2.75, 3.05) is 6.54 Å². The lowest BCUT2D eigenvalue weighted by Crippen LogP contribution is -2.02. The summed E-state index contributed by atoms with van der Waals surface area (Å²) in [5.41, 5.74) is 8.13. The molecule has 11 heavy (non-hydrogen) atoms. The van der Waals surface area contributed by atoms with Gasteiger partial charge in [0.2, 0.25) is 0 Å². The van der Waals surface area contributed by atoms with Gasteiger partial charge in [-0.05, 0) is 38.8 Å². The van der Waals surface area contributed by atoms with Crippen LogP contribution in [0.2, 0.25) is 0 Å². The number of nitrogens with two attached hydrogens (primary N) is 1. The van der Waals surface area contributed by atoms with Crippen molar-refractivity contribution in [3.63, 3.8) is 0 Å². The second-order valence-electron chi connectivity index (χ2n) is 2.97. The molecule has 0 saturated heterocycles. The van der Waals surface area contributed by atoms with Crippen LogP contribution >= 0.6 is 11.6 Å². The Morgan fingerprint density at radius 3 is 2.82 bits per heavy atom. The molecule has 1 aliphatic carbocycles. The highest BCUT2D eigenvalue weighted by atomic mass is 35.5. The number of hydrogen-bond acceptors (Lipinski definition) is 1. The summed E-state index contributed by atoms with van der Waals surface area (Å²) in [5, 5.41) is 0.916. The predicted molar refractivity (Wildman–Crippen MR) is 49.5 cm³/mol. The van der Waals surface area contributed by atoms with Crippen molar-refractivity contribution in [1.82, 2.24) is 0 Å². The van der Waals surface area contributed by atoms with Crippen LogP contribution < -0.4 is 5.73 Å². The molecule has 0 spiro atoms. The van der Waals surface area contributed by atoms with E-state index in [2.05, 4.69) is 13.0 Å². The van der Waals surface area contributed by atoms with E-state index < -0.39 is 0 Å². The summed E-state index contributed by atoms with van der Waals surface area (Å²) in [6.45, 7) is 2.81. The fourth-order valence-electron chi connectivity index (χ4n) is 1.22. The Morgan fingerprint density at radius 1 is 1.55 bits per heavy atom. The van der Waals surface area contributed by atoms with E-state index in [1.54, 1.807) is 0 Å². The first-order valence-electron chi connectivity index (χ1n) is 3.99. The molecule has 1 nitrogen and oxygen atoms in total. The van der Waals surface area contributed by atoms with Crippen LogP contribution in [-0.2, 0) is 0 Å². The normalized spacial score (nSPS) is 18.6. The molecule has 0 aromatic carbocycles. The van der Waals surface area contributed by atoms with Gasteiger partial charge >= 0.3 is 0 Å². The fourth-order valence-corrected chi connectivity index (χ4v) is 1.47. The lowest BCUT2D eigenvalue weighted by Gasteiger charge is -2.13. The summed E-state index contributed by atoms with van der Waals surface area (Å²) in [6, 6.07) is 0. The Morgan fingerprint density at radius 2 is 2.27 bits per heavy atom. The van der Waals surface area contributed by atoms with Crippen LogP contribution in [-0.4, -0.2) is 6.54 Å². The van der Waals surface area contributed by atoms with Gasteiger partial charge in [0.05, 0.1) is 0 Å². The van der Waals surface area contributed by atoms with E-state index in [9.17, 15) is 0 Å². The third kappa shape index (κ3) is 2.35. The monoisotopic (exact) mass is 171 g/mol. The van der Waals surface area contributed by atoms with Crippen LogP contribution in [0.1, 0.15) is 26.2 Å². The molecule has 0 bridgehead atoms. The van der Waals surface area contributed by atoms with Crippen molar-refractivity contribution in [3.8, 4) is 0 Å². The van der Waals surface area contributed by atoms with Gasteiger partial charge in [-0.1, -0.05) is 22.7 Å². The molecule has 2 N–H and O–H groups in total. The van der Waals surface area contributed by atoms with Gasteiger partial charge in [-0.25, -0.2) is 0 Å². The summed E-state index contributed by atoms with van der Waals surface area (Å²) < 4.78 is 0. The zero-order chi connectivity index (χ0) is 8.27. The van der Waals surface area contributed by atoms with Gasteiger partial charge in [-0.3, -0.25) is 0 Å². The molecule has 0 unspecified atom stereocenters. The average molecular weight is 172 g/mol. The molecular formula is C9H14ClN. The molecule has 0 amide bonds. The molecule has 0 aromatic rings. The summed E-state index contributed by atoms with van der Waals surface area (Å²) >= 11 is 5.96. The molecule has 0 atom stereocenters. The van der Waals surface area contributed by atoms with E-state index in [1.807, 2.05) is 0 Å². The summed E-state index contributed by atoms with van der Waals surface area (Å²) in [7, 11) is 0. The highest BCUT2D eigenvalue weighted by Crippen LogP contribution is 2.27. The van der Waals surface area contributed by atoms with Crippen LogP contribution in [0.25, 0.3) is 0 Å². The largest absolute Gasteiger partial charge is 0.330 e. The van der Waals surface area contributed by atoms with Crippen LogP contribution in [0.15, 0.2) is 22.3 Å². The smallest absolute Gasteiger partial charge is 0.0394 e. The van der Waals surface area contributed by atoms with Crippen LogP contribution in [0.5, 0.6) is 0 Å². The Kier molecular flexibility index (Phi) is 3.16. The maximum absolute atomic E-state index is 5.96. The van der Waals surface area contributed by atoms with E-state index in [4.69, 9.17) is 17.3 Å². The van der Waals surface area contributed by atoms with E-state index in [1.165, 1.54) is 11.1 Å². The molecule has 0 fully saturated rings. The lowest BCUT2D eigenvalue weighted by atomic mass is 9.97. The number of halogens is 1. The minimum Gasteiger partial charge on any atom is -0.330 e. The molecule has 62 valence electrons. The maximum atomic E-state index is 5.96. The number of allylic oxidation sites excluding steroid dienone is 3. The molecule has 0 heterocycles. The lowest BCUT2D eigenvalue weighted by molar-refractivity contribution is 0.820. The topological polar surface area (TPSA) is 26.0 Å². The summed E-state index contributed by atoms with van der Waals surface area (Å²) in [5.74, 6) is 0. The standard InChI is InChI=1S/C9H14ClN/c1-7-2-3-8(4-5-11)6-9(7)10/h6H,2-5,11H2,1H3. The van der Waals surface area contributed by atoms with Crippen molar-refractivity contribution in [2.24, 2.45) is 5.73 Å². The highest BCUT2D eigenvalue weighted by Gasteiger charge is 2.07. The molecule has 1 aliphatic rings. The SMILES string of the molecule is CC1=C(Cl)C=C(CCN)CC1. The zero-order valence-electron chi connectivity index (χ0n) is 6.86. The first-order valence-corrected chi connectivity index (χ1v) is 4.36. The van der Waals surface area contributed by atoms with Gasteiger partial charge in [0.1, 0.15) is 0 Å². The molecule has 2 heteroatoms. The van der Waals surface area contributed by atoms with Crippen LogP contribution in [0.4, 0.5) is 0 Å². The highest BCUT2D eigenvalue weighted by molar-refractivity contribution is 6.31. The van der Waals surface area contributed by atoms with Crippen molar-refractivity contribution in [3.05, 3.63) is 22.3 Å². The first kappa shape index (κ1) is 8.82. The molecule has 0 aliphatic heterocycles. The third-order valence-corrected chi connectivity index (χ3v) is 2.46. The Labute approximate surface area is 72.9 Å². The van der Waals surface area contributed by atoms with E-state index in [-0.39, 0.29) is 0 Å². The van der Waals surface area contributed by atoms with Gasteiger partial charge in [0.15, 0.2) is 0 Å². The number of hydrogen-bond donors (Lipinski definition) is 1. The van der Waals surface area contributed by atoms with Crippen molar-refractivity contribution in [2.45, 2.75) is 26.2 Å².